The Morgan fingerprint density at radius 1 is 0.442 bits per heavy atom. The number of para-hydroxylation sites is 3. The molecule has 0 N–H and O–H groups in total. The number of hydrogen-bond donors (Lipinski definition) is 0. The molecule has 0 heterocycles. The normalized spacial score (nSPS) is 16.3. The Balaban J connectivity index is 1.40. The topological polar surface area (TPSA) is 6.48 Å². The van der Waals surface area contributed by atoms with Crippen LogP contribution in [0.15, 0.2) is 164 Å². The van der Waals surface area contributed by atoms with Gasteiger partial charge in [0.1, 0.15) is 0 Å². The van der Waals surface area contributed by atoms with Gasteiger partial charge in [-0.1, -0.05) is 122 Å². The van der Waals surface area contributed by atoms with Crippen molar-refractivity contribution < 1.29 is 0 Å². The second-order valence-electron chi connectivity index (χ2n) is 11.4. The van der Waals surface area contributed by atoms with E-state index in [9.17, 15) is 0 Å². The van der Waals surface area contributed by atoms with Crippen LogP contribution in [0.2, 0.25) is 0 Å². The predicted molar refractivity (Wildman–Crippen MR) is 185 cm³/mol. The Hall–Kier alpha value is -5.34. The summed E-state index contributed by atoms with van der Waals surface area (Å²) >= 11 is 0. The molecule has 8 rings (SSSR count). The van der Waals surface area contributed by atoms with E-state index in [2.05, 4.69) is 181 Å². The molecule has 0 saturated carbocycles. The lowest BCUT2D eigenvalue weighted by molar-refractivity contribution is 0.610. The van der Waals surface area contributed by atoms with E-state index in [0.29, 0.717) is 5.92 Å². The van der Waals surface area contributed by atoms with Crippen molar-refractivity contribution in [1.82, 2.24) is 0 Å². The highest BCUT2D eigenvalue weighted by Crippen LogP contribution is 2.46. The van der Waals surface area contributed by atoms with Crippen LogP contribution >= 0.6 is 0 Å². The molecule has 7 aromatic carbocycles. The van der Waals surface area contributed by atoms with Crippen molar-refractivity contribution in [3.63, 3.8) is 0 Å². The predicted octanol–water partition coefficient (Wildman–Crippen LogP) is 11.3. The first-order chi connectivity index (χ1) is 21.3. The van der Waals surface area contributed by atoms with Crippen LogP contribution in [-0.2, 0) is 0 Å². The molecule has 2 nitrogen and oxygen atoms in total. The van der Waals surface area contributed by atoms with Gasteiger partial charge < -0.3 is 9.80 Å². The summed E-state index contributed by atoms with van der Waals surface area (Å²) in [5, 5.41) is 7.68. The molecule has 43 heavy (non-hydrogen) atoms. The van der Waals surface area contributed by atoms with Crippen LogP contribution < -0.4 is 9.80 Å². The molecule has 2 heteroatoms. The fourth-order valence-electron chi connectivity index (χ4n) is 6.84. The van der Waals surface area contributed by atoms with Gasteiger partial charge in [-0.25, -0.2) is 0 Å². The van der Waals surface area contributed by atoms with Gasteiger partial charge in [0.15, 0.2) is 0 Å². The van der Waals surface area contributed by atoms with Crippen molar-refractivity contribution >= 4 is 60.8 Å². The lowest BCUT2D eigenvalue weighted by Gasteiger charge is -2.37. The number of hydrogen-bond acceptors (Lipinski definition) is 2. The molecule has 0 amide bonds. The minimum atomic E-state index is 0.216. The summed E-state index contributed by atoms with van der Waals surface area (Å²) in [5.74, 6) is 0.376. The van der Waals surface area contributed by atoms with Crippen molar-refractivity contribution in [2.24, 2.45) is 5.92 Å². The van der Waals surface area contributed by atoms with Gasteiger partial charge in [0.2, 0.25) is 0 Å². The third kappa shape index (κ3) is 4.26. The summed E-state index contributed by atoms with van der Waals surface area (Å²) in [6.45, 7) is 2.31. The molecule has 0 fully saturated rings. The third-order valence-electron chi connectivity index (χ3n) is 8.85. The highest BCUT2D eigenvalue weighted by atomic mass is 15.2. The Kier molecular flexibility index (Phi) is 6.19. The first kappa shape index (κ1) is 25.4. The van der Waals surface area contributed by atoms with E-state index >= 15 is 0 Å². The van der Waals surface area contributed by atoms with E-state index in [1.807, 2.05) is 0 Å². The van der Waals surface area contributed by atoms with Gasteiger partial charge in [-0.05, 0) is 76.0 Å². The number of nitrogens with zero attached hydrogens (tertiary/aromatic N) is 2. The van der Waals surface area contributed by atoms with Crippen LogP contribution in [0.5, 0.6) is 0 Å². The third-order valence-corrected chi connectivity index (χ3v) is 8.85. The summed E-state index contributed by atoms with van der Waals surface area (Å²) < 4.78 is 0. The van der Waals surface area contributed by atoms with Gasteiger partial charge in [-0.3, -0.25) is 0 Å². The van der Waals surface area contributed by atoms with E-state index in [1.165, 1.54) is 49.4 Å². The van der Waals surface area contributed by atoms with Crippen molar-refractivity contribution in [2.45, 2.75) is 13.0 Å². The molecule has 0 saturated heterocycles. The minimum absolute atomic E-state index is 0.216. The van der Waals surface area contributed by atoms with Gasteiger partial charge in [-0.2, -0.15) is 0 Å². The lowest BCUT2D eigenvalue weighted by Crippen LogP contribution is -2.35. The number of allylic oxidation sites excluding steroid dienone is 2. The molecule has 2 atom stereocenters. The van der Waals surface area contributed by atoms with Crippen LogP contribution in [-0.4, -0.2) is 6.04 Å². The second kappa shape index (κ2) is 10.5. The largest absolute Gasteiger partial charge is 0.333 e. The number of anilines is 5. The second-order valence-corrected chi connectivity index (χ2v) is 11.4. The molecular formula is C41H32N2. The summed E-state index contributed by atoms with van der Waals surface area (Å²) in [6.07, 6.45) is 9.00. The van der Waals surface area contributed by atoms with Crippen molar-refractivity contribution in [2.75, 3.05) is 9.80 Å². The molecular weight excluding hydrogens is 520 g/mol. The summed E-state index contributed by atoms with van der Waals surface area (Å²) in [6, 6.07) is 50.8. The standard InChI is InChI=1S/C41H32N2/c1-29-13-11-12-20-37(29)43(34-18-9-4-10-19-34)39-28-24-31-21-25-35-38(27-23-30-22-26-36(39)41(31)40(30)35)42(32-14-5-2-6-15-32)33-16-7-3-8-17-33/h2-29,37H,1H3. The highest BCUT2D eigenvalue weighted by molar-refractivity contribution is 6.28. The maximum Gasteiger partial charge on any atom is 0.0585 e. The molecule has 1 aliphatic carbocycles. The molecule has 206 valence electrons. The molecule has 0 bridgehead atoms. The van der Waals surface area contributed by atoms with E-state index in [0.717, 1.165) is 11.4 Å². The first-order valence-electron chi connectivity index (χ1n) is 15.1. The van der Waals surface area contributed by atoms with Crippen molar-refractivity contribution in [3.05, 3.63) is 164 Å². The highest BCUT2D eigenvalue weighted by Gasteiger charge is 2.26. The lowest BCUT2D eigenvalue weighted by atomic mass is 9.90. The average Bonchev–Trinajstić information content (AvgIpc) is 3.07. The van der Waals surface area contributed by atoms with Crippen LogP contribution in [0, 0.1) is 5.92 Å². The van der Waals surface area contributed by atoms with Crippen molar-refractivity contribution in [1.29, 1.82) is 0 Å². The van der Waals surface area contributed by atoms with Crippen molar-refractivity contribution in [3.8, 4) is 0 Å². The Morgan fingerprint density at radius 2 is 0.907 bits per heavy atom. The average molecular weight is 553 g/mol. The summed E-state index contributed by atoms with van der Waals surface area (Å²) in [4.78, 5) is 4.90. The SMILES string of the molecule is CC1C=CC=CC1N(c1ccccc1)c1ccc2ccc3c(N(c4ccccc4)c4ccccc4)ccc4ccc1c2c43. The van der Waals surface area contributed by atoms with Gasteiger partial charge >= 0.3 is 0 Å². The summed E-state index contributed by atoms with van der Waals surface area (Å²) in [7, 11) is 0. The maximum absolute atomic E-state index is 2.53. The van der Waals surface area contributed by atoms with E-state index < -0.39 is 0 Å². The number of benzene rings is 7. The molecule has 1 aliphatic rings. The smallest absolute Gasteiger partial charge is 0.0585 e. The Morgan fingerprint density at radius 3 is 1.47 bits per heavy atom. The zero-order valence-corrected chi connectivity index (χ0v) is 24.1. The van der Waals surface area contributed by atoms with Crippen LogP contribution in [0.25, 0.3) is 32.3 Å². The van der Waals surface area contributed by atoms with Gasteiger partial charge in [0.25, 0.3) is 0 Å². The monoisotopic (exact) mass is 552 g/mol. The summed E-state index contributed by atoms with van der Waals surface area (Å²) in [5.41, 5.74) is 5.91. The molecule has 7 aromatic rings. The Labute approximate surface area is 252 Å². The number of rotatable bonds is 6. The minimum Gasteiger partial charge on any atom is -0.333 e. The van der Waals surface area contributed by atoms with E-state index in [4.69, 9.17) is 0 Å². The first-order valence-corrected chi connectivity index (χ1v) is 15.1. The molecule has 0 radical (unpaired) electrons. The van der Waals surface area contributed by atoms with Gasteiger partial charge in [0, 0.05) is 33.5 Å². The van der Waals surface area contributed by atoms with Crippen LogP contribution in [0.3, 0.4) is 0 Å². The zero-order chi connectivity index (χ0) is 28.8. The Bertz CT molecular complexity index is 2060. The van der Waals surface area contributed by atoms with Gasteiger partial charge in [0.05, 0.1) is 11.7 Å². The maximum atomic E-state index is 2.53. The van der Waals surface area contributed by atoms with E-state index in [-0.39, 0.29) is 6.04 Å². The fourth-order valence-corrected chi connectivity index (χ4v) is 6.84. The molecule has 0 aromatic heterocycles. The van der Waals surface area contributed by atoms with Crippen LogP contribution in [0.4, 0.5) is 28.4 Å². The molecule has 0 spiro atoms. The van der Waals surface area contributed by atoms with E-state index in [1.54, 1.807) is 0 Å². The molecule has 0 aliphatic heterocycles. The fraction of sp³-hybridized carbons (Fsp3) is 0.0732. The van der Waals surface area contributed by atoms with Crippen LogP contribution in [0.1, 0.15) is 6.92 Å². The zero-order valence-electron chi connectivity index (χ0n) is 24.1. The molecule has 2 unspecified atom stereocenters. The quantitative estimate of drug-likeness (QED) is 0.189. The van der Waals surface area contributed by atoms with Gasteiger partial charge in [-0.15, -0.1) is 0 Å².